The van der Waals surface area contributed by atoms with Crippen molar-refractivity contribution in [2.75, 3.05) is 7.05 Å². The van der Waals surface area contributed by atoms with E-state index >= 15 is 0 Å². The van der Waals surface area contributed by atoms with Crippen molar-refractivity contribution in [2.45, 2.75) is 6.04 Å². The summed E-state index contributed by atoms with van der Waals surface area (Å²) in [6, 6.07) is 4.01. The van der Waals surface area contributed by atoms with Crippen LogP contribution in [0.5, 0.6) is 0 Å². The molecule has 1 unspecified atom stereocenters. The van der Waals surface area contributed by atoms with Crippen molar-refractivity contribution >= 4 is 27.3 Å². The average Bonchev–Trinajstić information content (AvgIpc) is 2.80. The Labute approximate surface area is 95.1 Å². The fourth-order valence-electron chi connectivity index (χ4n) is 1.40. The maximum atomic E-state index is 5.39. The SMILES string of the molecule is CNC(c1ccco1)c1cscc1Br. The Balaban J connectivity index is 2.36. The Morgan fingerprint density at radius 1 is 1.50 bits per heavy atom. The minimum absolute atomic E-state index is 0.130. The largest absolute Gasteiger partial charge is 0.467 e. The van der Waals surface area contributed by atoms with Crippen LogP contribution in [0.25, 0.3) is 0 Å². The Bertz CT molecular complexity index is 396. The number of furan rings is 1. The van der Waals surface area contributed by atoms with Gasteiger partial charge >= 0.3 is 0 Å². The van der Waals surface area contributed by atoms with Gasteiger partial charge in [-0.2, -0.15) is 11.3 Å². The van der Waals surface area contributed by atoms with Gasteiger partial charge in [0.2, 0.25) is 0 Å². The van der Waals surface area contributed by atoms with Crippen molar-refractivity contribution in [3.05, 3.63) is 45.0 Å². The zero-order chi connectivity index (χ0) is 9.97. The van der Waals surface area contributed by atoms with Gasteiger partial charge < -0.3 is 9.73 Å². The van der Waals surface area contributed by atoms with Crippen molar-refractivity contribution in [2.24, 2.45) is 0 Å². The molecule has 0 amide bonds. The molecule has 0 saturated heterocycles. The van der Waals surface area contributed by atoms with E-state index in [0.29, 0.717) is 0 Å². The quantitative estimate of drug-likeness (QED) is 0.926. The third-order valence-electron chi connectivity index (χ3n) is 2.07. The molecule has 14 heavy (non-hydrogen) atoms. The van der Waals surface area contributed by atoms with Crippen molar-refractivity contribution in [3.63, 3.8) is 0 Å². The van der Waals surface area contributed by atoms with E-state index in [2.05, 4.69) is 32.0 Å². The molecular weight excluding hydrogens is 262 g/mol. The van der Waals surface area contributed by atoms with Crippen LogP contribution in [0, 0.1) is 0 Å². The predicted molar refractivity (Wildman–Crippen MR) is 61.6 cm³/mol. The maximum absolute atomic E-state index is 5.39. The molecule has 74 valence electrons. The number of rotatable bonds is 3. The molecule has 2 nitrogen and oxygen atoms in total. The highest BCUT2D eigenvalue weighted by atomic mass is 79.9. The standard InChI is InChI=1S/C10H10BrNOS/c1-12-10(9-3-2-4-13-9)7-5-14-6-8(7)11/h2-6,10,12H,1H3. The first-order valence-electron chi connectivity index (χ1n) is 4.25. The lowest BCUT2D eigenvalue weighted by atomic mass is 10.1. The molecule has 2 heterocycles. The van der Waals surface area contributed by atoms with Crippen LogP contribution in [0.3, 0.4) is 0 Å². The number of nitrogens with one attached hydrogen (secondary N) is 1. The van der Waals surface area contributed by atoms with E-state index in [9.17, 15) is 0 Å². The zero-order valence-corrected chi connectivity index (χ0v) is 10.1. The first-order chi connectivity index (χ1) is 6.83. The molecule has 2 rings (SSSR count). The summed E-state index contributed by atoms with van der Waals surface area (Å²) in [7, 11) is 1.93. The monoisotopic (exact) mass is 271 g/mol. The lowest BCUT2D eigenvalue weighted by molar-refractivity contribution is 0.463. The molecule has 0 aliphatic rings. The highest BCUT2D eigenvalue weighted by molar-refractivity contribution is 9.10. The van der Waals surface area contributed by atoms with Gasteiger partial charge in [0, 0.05) is 15.4 Å². The van der Waals surface area contributed by atoms with E-state index in [1.807, 2.05) is 19.2 Å². The van der Waals surface area contributed by atoms with Crippen LogP contribution in [0.4, 0.5) is 0 Å². The molecule has 1 N–H and O–H groups in total. The summed E-state index contributed by atoms with van der Waals surface area (Å²) in [5, 5.41) is 7.42. The first kappa shape index (κ1) is 9.96. The number of hydrogen-bond acceptors (Lipinski definition) is 3. The van der Waals surface area contributed by atoms with E-state index in [-0.39, 0.29) is 6.04 Å². The summed E-state index contributed by atoms with van der Waals surface area (Å²) in [4.78, 5) is 0. The lowest BCUT2D eigenvalue weighted by Crippen LogP contribution is -2.16. The van der Waals surface area contributed by atoms with Gasteiger partial charge in [-0.25, -0.2) is 0 Å². The molecule has 2 aromatic heterocycles. The normalized spacial score (nSPS) is 13.0. The van der Waals surface area contributed by atoms with Gasteiger partial charge in [-0.05, 0) is 40.5 Å². The van der Waals surface area contributed by atoms with E-state index < -0.39 is 0 Å². The minimum Gasteiger partial charge on any atom is -0.467 e. The summed E-state index contributed by atoms with van der Waals surface area (Å²) in [5.74, 6) is 0.937. The third-order valence-corrected chi connectivity index (χ3v) is 3.82. The molecule has 0 radical (unpaired) electrons. The Hall–Kier alpha value is -0.580. The van der Waals surface area contributed by atoms with Gasteiger partial charge in [-0.3, -0.25) is 0 Å². The molecule has 0 aromatic carbocycles. The van der Waals surface area contributed by atoms with Crippen molar-refractivity contribution in [1.29, 1.82) is 0 Å². The van der Waals surface area contributed by atoms with Gasteiger partial charge in [0.05, 0.1) is 12.3 Å². The Morgan fingerprint density at radius 2 is 2.36 bits per heavy atom. The van der Waals surface area contributed by atoms with Gasteiger partial charge in [-0.15, -0.1) is 0 Å². The lowest BCUT2D eigenvalue weighted by Gasteiger charge is -2.12. The second-order valence-electron chi connectivity index (χ2n) is 2.91. The van der Waals surface area contributed by atoms with Crippen molar-refractivity contribution < 1.29 is 4.42 Å². The average molecular weight is 272 g/mol. The van der Waals surface area contributed by atoms with E-state index in [4.69, 9.17) is 4.42 Å². The topological polar surface area (TPSA) is 25.2 Å². The number of hydrogen-bond donors (Lipinski definition) is 1. The van der Waals surface area contributed by atoms with Gasteiger partial charge in [0.25, 0.3) is 0 Å². The fourth-order valence-corrected chi connectivity index (χ4v) is 2.96. The molecular formula is C10H10BrNOS. The van der Waals surface area contributed by atoms with Crippen LogP contribution in [0.15, 0.2) is 38.0 Å². The van der Waals surface area contributed by atoms with Gasteiger partial charge in [0.15, 0.2) is 0 Å². The molecule has 0 aliphatic carbocycles. The summed E-state index contributed by atoms with van der Waals surface area (Å²) >= 11 is 5.20. The Kier molecular flexibility index (Phi) is 3.05. The summed E-state index contributed by atoms with van der Waals surface area (Å²) in [6.07, 6.45) is 1.69. The second kappa shape index (κ2) is 4.29. The summed E-state index contributed by atoms with van der Waals surface area (Å²) in [5.41, 5.74) is 1.22. The molecule has 0 bridgehead atoms. The van der Waals surface area contributed by atoms with Crippen molar-refractivity contribution in [1.82, 2.24) is 5.32 Å². The summed E-state index contributed by atoms with van der Waals surface area (Å²) < 4.78 is 6.51. The molecule has 0 spiro atoms. The maximum Gasteiger partial charge on any atom is 0.125 e. The highest BCUT2D eigenvalue weighted by Gasteiger charge is 2.17. The fraction of sp³-hybridized carbons (Fsp3) is 0.200. The number of halogens is 1. The molecule has 0 aliphatic heterocycles. The first-order valence-corrected chi connectivity index (χ1v) is 5.98. The van der Waals surface area contributed by atoms with Crippen molar-refractivity contribution in [3.8, 4) is 0 Å². The highest BCUT2D eigenvalue weighted by Crippen LogP contribution is 2.31. The van der Waals surface area contributed by atoms with Crippen LogP contribution >= 0.6 is 27.3 Å². The van der Waals surface area contributed by atoms with E-state index in [1.165, 1.54) is 5.56 Å². The van der Waals surface area contributed by atoms with E-state index in [0.717, 1.165) is 10.2 Å². The smallest absolute Gasteiger partial charge is 0.125 e. The van der Waals surface area contributed by atoms with E-state index in [1.54, 1.807) is 17.6 Å². The van der Waals surface area contributed by atoms with Crippen LogP contribution < -0.4 is 5.32 Å². The Morgan fingerprint density at radius 3 is 2.86 bits per heavy atom. The molecule has 1 atom stereocenters. The number of thiophene rings is 1. The zero-order valence-electron chi connectivity index (χ0n) is 7.66. The molecule has 0 fully saturated rings. The third kappa shape index (κ3) is 1.78. The van der Waals surface area contributed by atoms with Crippen LogP contribution in [0.2, 0.25) is 0 Å². The summed E-state index contributed by atoms with van der Waals surface area (Å²) in [6.45, 7) is 0. The van der Waals surface area contributed by atoms with Crippen LogP contribution in [-0.4, -0.2) is 7.05 Å². The van der Waals surface area contributed by atoms with Crippen LogP contribution in [0.1, 0.15) is 17.4 Å². The second-order valence-corrected chi connectivity index (χ2v) is 4.51. The molecule has 0 saturated carbocycles. The molecule has 2 aromatic rings. The minimum atomic E-state index is 0.130. The van der Waals surface area contributed by atoms with Gasteiger partial charge in [-0.1, -0.05) is 0 Å². The van der Waals surface area contributed by atoms with Crippen LogP contribution in [-0.2, 0) is 0 Å². The predicted octanol–water partition coefficient (Wildman–Crippen LogP) is 3.41. The molecule has 4 heteroatoms. The van der Waals surface area contributed by atoms with Gasteiger partial charge in [0.1, 0.15) is 5.76 Å².